The Morgan fingerprint density at radius 1 is 1.75 bits per heavy atom. The van der Waals surface area contributed by atoms with Gasteiger partial charge >= 0.3 is 0 Å². The fraction of sp³-hybridized carbons (Fsp3) is 0.250. The number of hydrogen-bond acceptors (Lipinski definition) is 3. The maximum absolute atomic E-state index is 9.88. The predicted molar refractivity (Wildman–Crippen MR) is 47.9 cm³/mol. The lowest BCUT2D eigenvalue weighted by Gasteiger charge is -2.06. The zero-order valence-electron chi connectivity index (χ0n) is 6.31. The molecule has 0 aliphatic rings. The summed E-state index contributed by atoms with van der Waals surface area (Å²) in [4.78, 5) is 13.8. The topological polar surface area (TPSA) is 39.2 Å². The highest BCUT2D eigenvalue weighted by Crippen LogP contribution is 2.21. The van der Waals surface area contributed by atoms with Crippen molar-refractivity contribution >= 4 is 22.4 Å². The van der Waals surface area contributed by atoms with Crippen LogP contribution in [0.1, 0.15) is 10.4 Å². The summed E-state index contributed by atoms with van der Waals surface area (Å²) in [6.07, 6.45) is 3.43. The number of pyridine rings is 1. The molecule has 1 heterocycles. The first-order chi connectivity index (χ1) is 5.84. The second-order valence-corrected chi connectivity index (χ2v) is 3.29. The molecular weight excluding hydrogens is 222 g/mol. The van der Waals surface area contributed by atoms with Crippen LogP contribution in [-0.4, -0.2) is 18.1 Å². The normalized spacial score (nSPS) is 12.1. The molecule has 12 heavy (non-hydrogen) atoms. The highest BCUT2D eigenvalue weighted by molar-refractivity contribution is 9.09. The number of halogens is 1. The van der Waals surface area contributed by atoms with Crippen LogP contribution in [0, 0.1) is 0 Å². The van der Waals surface area contributed by atoms with Crippen molar-refractivity contribution in [2.45, 2.75) is 4.83 Å². The molecule has 1 atom stereocenters. The fourth-order valence-corrected chi connectivity index (χ4v) is 1.20. The third-order valence-electron chi connectivity index (χ3n) is 1.36. The Bertz CT molecular complexity index is 240. The molecule has 3 nitrogen and oxygen atoms in total. The third kappa shape index (κ3) is 2.62. The zero-order valence-corrected chi connectivity index (χ0v) is 7.90. The average Bonchev–Trinajstić information content (AvgIpc) is 2.15. The summed E-state index contributed by atoms with van der Waals surface area (Å²) in [5.74, 6) is 0. The third-order valence-corrected chi connectivity index (χ3v) is 2.15. The van der Waals surface area contributed by atoms with Crippen LogP contribution in [0.3, 0.4) is 0 Å². The number of rotatable bonds is 4. The van der Waals surface area contributed by atoms with E-state index in [1.807, 2.05) is 12.1 Å². The van der Waals surface area contributed by atoms with Gasteiger partial charge in [-0.05, 0) is 11.6 Å². The van der Waals surface area contributed by atoms with Gasteiger partial charge in [0.05, 0.1) is 4.83 Å². The molecule has 1 rings (SSSR count). The lowest BCUT2D eigenvalue weighted by molar-refractivity contribution is -0.128. The van der Waals surface area contributed by atoms with E-state index in [4.69, 9.17) is 0 Å². The predicted octanol–water partition coefficient (Wildman–Crippen LogP) is 1.69. The number of nitrogens with zero attached hydrogens (tertiary/aromatic N) is 1. The highest BCUT2D eigenvalue weighted by atomic mass is 79.9. The van der Waals surface area contributed by atoms with Crippen molar-refractivity contribution in [2.75, 3.05) is 6.61 Å². The molecule has 0 saturated heterocycles. The molecule has 0 bridgehead atoms. The highest BCUT2D eigenvalue weighted by Gasteiger charge is 2.06. The second-order valence-electron chi connectivity index (χ2n) is 2.18. The molecule has 1 aromatic heterocycles. The van der Waals surface area contributed by atoms with E-state index in [0.717, 1.165) is 5.56 Å². The van der Waals surface area contributed by atoms with E-state index in [9.17, 15) is 4.79 Å². The van der Waals surface area contributed by atoms with E-state index in [1.54, 1.807) is 12.4 Å². The number of carbonyl (C=O) groups is 1. The van der Waals surface area contributed by atoms with E-state index in [2.05, 4.69) is 25.7 Å². The van der Waals surface area contributed by atoms with Crippen molar-refractivity contribution in [1.82, 2.24) is 4.98 Å². The minimum Gasteiger partial charge on any atom is -0.466 e. The minimum absolute atomic E-state index is 0.0244. The number of carbonyl (C=O) groups excluding carboxylic acids is 1. The van der Waals surface area contributed by atoms with Crippen molar-refractivity contribution in [3.63, 3.8) is 0 Å². The SMILES string of the molecule is O=COCC(Br)c1cccnc1. The molecule has 0 aliphatic carbocycles. The number of alkyl halides is 1. The summed E-state index contributed by atoms with van der Waals surface area (Å²) in [7, 11) is 0. The van der Waals surface area contributed by atoms with Crippen molar-refractivity contribution in [3.05, 3.63) is 30.1 Å². The van der Waals surface area contributed by atoms with Gasteiger partial charge in [0, 0.05) is 12.4 Å². The van der Waals surface area contributed by atoms with Gasteiger partial charge in [-0.25, -0.2) is 0 Å². The molecule has 1 aromatic rings. The van der Waals surface area contributed by atoms with Crippen LogP contribution in [0.2, 0.25) is 0 Å². The first-order valence-electron chi connectivity index (χ1n) is 3.44. The first kappa shape index (κ1) is 9.19. The van der Waals surface area contributed by atoms with Gasteiger partial charge in [-0.1, -0.05) is 22.0 Å². The van der Waals surface area contributed by atoms with Crippen LogP contribution in [0.4, 0.5) is 0 Å². The average molecular weight is 230 g/mol. The summed E-state index contributed by atoms with van der Waals surface area (Å²) >= 11 is 3.36. The van der Waals surface area contributed by atoms with Gasteiger partial charge < -0.3 is 4.74 Å². The second kappa shape index (κ2) is 4.87. The summed E-state index contributed by atoms with van der Waals surface area (Å²) in [6, 6.07) is 3.76. The van der Waals surface area contributed by atoms with Crippen LogP contribution in [-0.2, 0) is 9.53 Å². The monoisotopic (exact) mass is 229 g/mol. The summed E-state index contributed by atoms with van der Waals surface area (Å²) in [5, 5.41) is 0. The lowest BCUT2D eigenvalue weighted by atomic mass is 10.2. The Morgan fingerprint density at radius 2 is 2.58 bits per heavy atom. The molecule has 0 fully saturated rings. The summed E-state index contributed by atoms with van der Waals surface area (Å²) in [5.41, 5.74) is 0.999. The largest absolute Gasteiger partial charge is 0.466 e. The van der Waals surface area contributed by atoms with Gasteiger partial charge in [-0.3, -0.25) is 9.78 Å². The number of ether oxygens (including phenoxy) is 1. The van der Waals surface area contributed by atoms with Crippen molar-refractivity contribution in [2.24, 2.45) is 0 Å². The minimum atomic E-state index is 0.0244. The molecule has 0 aliphatic heterocycles. The van der Waals surface area contributed by atoms with Crippen LogP contribution < -0.4 is 0 Å². The molecule has 1 unspecified atom stereocenters. The molecule has 64 valence electrons. The van der Waals surface area contributed by atoms with Crippen LogP contribution in [0.15, 0.2) is 24.5 Å². The Kier molecular flexibility index (Phi) is 3.73. The Balaban J connectivity index is 2.53. The van der Waals surface area contributed by atoms with Crippen molar-refractivity contribution < 1.29 is 9.53 Å². The van der Waals surface area contributed by atoms with E-state index in [0.29, 0.717) is 13.1 Å². The quantitative estimate of drug-likeness (QED) is 0.583. The molecule has 0 spiro atoms. The fourth-order valence-electron chi connectivity index (χ4n) is 0.781. The van der Waals surface area contributed by atoms with E-state index >= 15 is 0 Å². The van der Waals surface area contributed by atoms with E-state index < -0.39 is 0 Å². The Morgan fingerprint density at radius 3 is 3.17 bits per heavy atom. The summed E-state index contributed by atoms with van der Waals surface area (Å²) in [6.45, 7) is 0.764. The van der Waals surface area contributed by atoms with Crippen LogP contribution in [0.5, 0.6) is 0 Å². The number of aromatic nitrogens is 1. The molecule has 0 aromatic carbocycles. The Labute approximate surface area is 78.9 Å². The van der Waals surface area contributed by atoms with Gasteiger partial charge in [-0.15, -0.1) is 0 Å². The van der Waals surface area contributed by atoms with Gasteiger partial charge in [0.2, 0.25) is 0 Å². The molecule has 0 amide bonds. The maximum atomic E-state index is 9.88. The maximum Gasteiger partial charge on any atom is 0.293 e. The van der Waals surface area contributed by atoms with Crippen LogP contribution >= 0.6 is 15.9 Å². The van der Waals surface area contributed by atoms with Crippen molar-refractivity contribution in [3.8, 4) is 0 Å². The Hall–Kier alpha value is -0.900. The molecule has 0 N–H and O–H groups in total. The lowest BCUT2D eigenvalue weighted by Crippen LogP contribution is -2.00. The van der Waals surface area contributed by atoms with E-state index in [1.165, 1.54) is 0 Å². The van der Waals surface area contributed by atoms with Gasteiger partial charge in [0.25, 0.3) is 6.47 Å². The van der Waals surface area contributed by atoms with Gasteiger partial charge in [0.15, 0.2) is 0 Å². The first-order valence-corrected chi connectivity index (χ1v) is 4.35. The molecular formula is C8H8BrNO2. The molecule has 0 radical (unpaired) electrons. The standard InChI is InChI=1S/C8H8BrNO2/c9-8(5-12-6-11)7-2-1-3-10-4-7/h1-4,6,8H,5H2. The van der Waals surface area contributed by atoms with Gasteiger partial charge in [0.1, 0.15) is 6.61 Å². The zero-order chi connectivity index (χ0) is 8.81. The molecule has 4 heteroatoms. The van der Waals surface area contributed by atoms with Crippen molar-refractivity contribution in [1.29, 1.82) is 0 Å². The van der Waals surface area contributed by atoms with Crippen LogP contribution in [0.25, 0.3) is 0 Å². The molecule has 0 saturated carbocycles. The number of hydrogen-bond donors (Lipinski definition) is 0. The summed E-state index contributed by atoms with van der Waals surface area (Å²) < 4.78 is 4.59. The van der Waals surface area contributed by atoms with E-state index in [-0.39, 0.29) is 4.83 Å². The van der Waals surface area contributed by atoms with Gasteiger partial charge in [-0.2, -0.15) is 0 Å². The smallest absolute Gasteiger partial charge is 0.293 e.